The lowest BCUT2D eigenvalue weighted by Gasteiger charge is -2.34. The summed E-state index contributed by atoms with van der Waals surface area (Å²) in [5.41, 5.74) is 0. The van der Waals surface area contributed by atoms with Crippen LogP contribution in [0.4, 0.5) is 0 Å². The lowest BCUT2D eigenvalue weighted by Crippen LogP contribution is -2.55. The molecule has 3 atom stereocenters. The summed E-state index contributed by atoms with van der Waals surface area (Å²) in [4.78, 5) is 90.1. The van der Waals surface area contributed by atoms with Crippen molar-refractivity contribution in [3.63, 3.8) is 0 Å². The second kappa shape index (κ2) is 60.7. The normalized spacial score (nSPS) is 12.7. The molecule has 6 amide bonds. The maximum Gasteiger partial charge on any atom is 0.243 e. The minimum atomic E-state index is -0.814. The summed E-state index contributed by atoms with van der Waals surface area (Å²) < 4.78 is 0. The van der Waals surface area contributed by atoms with E-state index in [-0.39, 0.29) is 132 Å². The van der Waals surface area contributed by atoms with E-state index in [0.717, 1.165) is 36.5 Å². The molecule has 0 saturated heterocycles. The molecule has 0 saturated carbocycles. The number of aliphatic hydroxyl groups excluding tert-OH is 3. The molecule has 0 aliphatic rings. The summed E-state index contributed by atoms with van der Waals surface area (Å²) in [6, 6.07) is -2.44. The van der Waals surface area contributed by atoms with E-state index in [4.69, 9.17) is 0 Å². The molecule has 0 radical (unpaired) electrons. The fourth-order valence-electron chi connectivity index (χ4n) is 10.7. The number of nitrogens with one attached hydrogen (secondary N) is 3. The van der Waals surface area contributed by atoms with Gasteiger partial charge in [0, 0.05) is 113 Å². The van der Waals surface area contributed by atoms with Gasteiger partial charge in [-0.2, -0.15) is 0 Å². The minimum Gasteiger partial charge on any atom is -0.395 e. The smallest absolute Gasteiger partial charge is 0.243 e. The fraction of sp³-hybridized carbons (Fsp3) is 0.909. The van der Waals surface area contributed by atoms with Crippen LogP contribution in [0.1, 0.15) is 236 Å². The maximum atomic E-state index is 14.1. The molecule has 0 rings (SSSR count). The number of unbranched alkanes of at least 4 members (excludes halogenated alkanes) is 21. The number of amides is 6. The molecule has 0 aliphatic carbocycles. The van der Waals surface area contributed by atoms with E-state index >= 15 is 0 Å². The van der Waals surface area contributed by atoms with Gasteiger partial charge in [-0.15, -0.1) is 0 Å². The maximum absolute atomic E-state index is 14.1. The number of rotatable bonds is 63. The quantitative estimate of drug-likeness (QED) is 0.0247. The molecular weight excluding hydrogens is 1230 g/mol. The standard InChI is InChI=1S/C66H129N7O9S6/c1-10-13-16-19-22-25-28-31-49-83-86-52-34-58(77)71(43-46-74)61(55(4)5)64(80)67-37-40-70(41-38-68-65(81)62(56(6)7)72(44-47-75)59(78)35-53-87-84-50-32-29-26-23-20-17-14-11-2)42-39-69-66(82)63(57(8)9)73(45-48-76)60(79)36-54-88-85-51-33-30-27-24-21-18-15-12-3/h55-57,61-63,74-76H,10-54H2,1-9H3,(H,67,80)(H,68,81)(H,69,82). The third-order valence-electron chi connectivity index (χ3n) is 15.6. The average molecular weight is 1360 g/mol. The molecule has 0 aliphatic heterocycles. The Labute approximate surface area is 560 Å². The van der Waals surface area contributed by atoms with Gasteiger partial charge in [0.1, 0.15) is 18.1 Å². The highest BCUT2D eigenvalue weighted by molar-refractivity contribution is 8.77. The molecule has 518 valence electrons. The second-order valence-corrected chi connectivity index (χ2v) is 32.4. The van der Waals surface area contributed by atoms with E-state index in [0.29, 0.717) is 36.9 Å². The van der Waals surface area contributed by atoms with Gasteiger partial charge in [0.15, 0.2) is 0 Å². The summed E-state index contributed by atoms with van der Waals surface area (Å²) in [7, 11) is 10.4. The topological polar surface area (TPSA) is 212 Å². The van der Waals surface area contributed by atoms with Gasteiger partial charge in [-0.05, 0) is 37.0 Å². The van der Waals surface area contributed by atoms with E-state index in [1.807, 2.05) is 46.4 Å². The summed E-state index contributed by atoms with van der Waals surface area (Å²) >= 11 is 0. The van der Waals surface area contributed by atoms with Crippen LogP contribution in [0.25, 0.3) is 0 Å². The average Bonchev–Trinajstić information content (AvgIpc) is 1.69. The molecule has 0 aromatic rings. The van der Waals surface area contributed by atoms with Crippen molar-refractivity contribution >= 4 is 100 Å². The zero-order valence-electron chi connectivity index (χ0n) is 56.8. The Hall–Kier alpha value is -1.24. The van der Waals surface area contributed by atoms with Gasteiger partial charge >= 0.3 is 0 Å². The number of aliphatic hydroxyl groups is 3. The first-order chi connectivity index (χ1) is 42.6. The van der Waals surface area contributed by atoms with Crippen LogP contribution in [0.3, 0.4) is 0 Å². The summed E-state index contributed by atoms with van der Waals surface area (Å²) in [5.74, 6) is 2.61. The highest BCUT2D eigenvalue weighted by atomic mass is 33.1. The Balaban J connectivity index is 6.04. The highest BCUT2D eigenvalue weighted by Crippen LogP contribution is 2.28. The van der Waals surface area contributed by atoms with Crippen LogP contribution in [0.2, 0.25) is 0 Å². The van der Waals surface area contributed by atoms with Gasteiger partial charge in [0.05, 0.1) is 19.8 Å². The Bertz CT molecular complexity index is 1540. The second-order valence-electron chi connectivity index (χ2n) is 24.3. The fourth-order valence-corrected chi connectivity index (χ4v) is 17.1. The van der Waals surface area contributed by atoms with Crippen LogP contribution in [0.5, 0.6) is 0 Å². The van der Waals surface area contributed by atoms with Gasteiger partial charge in [-0.1, -0.05) is 262 Å². The molecule has 16 nitrogen and oxygen atoms in total. The van der Waals surface area contributed by atoms with E-state index in [9.17, 15) is 44.1 Å². The number of carbonyl (C=O) groups is 6. The Morgan fingerprint density at radius 2 is 0.534 bits per heavy atom. The molecule has 6 N–H and O–H groups in total. The van der Waals surface area contributed by atoms with Crippen molar-refractivity contribution < 1.29 is 44.1 Å². The van der Waals surface area contributed by atoms with E-state index < -0.39 is 18.1 Å². The predicted molar refractivity (Wildman–Crippen MR) is 384 cm³/mol. The van der Waals surface area contributed by atoms with Gasteiger partial charge in [0.2, 0.25) is 35.4 Å². The van der Waals surface area contributed by atoms with Crippen LogP contribution in [0.15, 0.2) is 0 Å². The molecule has 0 aromatic carbocycles. The molecule has 0 fully saturated rings. The van der Waals surface area contributed by atoms with Gasteiger partial charge in [-0.3, -0.25) is 33.7 Å². The van der Waals surface area contributed by atoms with Crippen molar-refractivity contribution in [2.24, 2.45) is 17.8 Å². The van der Waals surface area contributed by atoms with Crippen molar-refractivity contribution in [3.8, 4) is 0 Å². The Morgan fingerprint density at radius 3 is 0.750 bits per heavy atom. The molecule has 0 bridgehead atoms. The first-order valence-corrected chi connectivity index (χ1v) is 42.0. The van der Waals surface area contributed by atoms with Gasteiger partial charge in [0.25, 0.3) is 0 Å². The zero-order valence-corrected chi connectivity index (χ0v) is 61.7. The molecule has 0 aromatic heterocycles. The third-order valence-corrected chi connectivity index (χ3v) is 23.0. The third kappa shape index (κ3) is 44.4. The molecule has 88 heavy (non-hydrogen) atoms. The lowest BCUT2D eigenvalue weighted by molar-refractivity contribution is -0.142. The van der Waals surface area contributed by atoms with Crippen LogP contribution in [-0.4, -0.2) is 202 Å². The number of hydrogen-bond acceptors (Lipinski definition) is 16. The van der Waals surface area contributed by atoms with E-state index in [1.165, 1.54) is 150 Å². The summed E-state index contributed by atoms with van der Waals surface area (Å²) in [5, 5.41) is 39.5. The van der Waals surface area contributed by atoms with Crippen LogP contribution in [-0.2, 0) is 28.8 Å². The number of hydrogen-bond donors (Lipinski definition) is 6. The molecule has 0 spiro atoms. The van der Waals surface area contributed by atoms with Crippen molar-refractivity contribution in [3.05, 3.63) is 0 Å². The summed E-state index contributed by atoms with van der Waals surface area (Å²) in [6.45, 7) is 18.8. The Kier molecular flexibility index (Phi) is 59.8. The number of nitrogens with zero attached hydrogens (tertiary/aromatic N) is 4. The van der Waals surface area contributed by atoms with Crippen LogP contribution < -0.4 is 16.0 Å². The van der Waals surface area contributed by atoms with Crippen molar-refractivity contribution in [2.75, 3.05) is 113 Å². The Morgan fingerprint density at radius 1 is 0.318 bits per heavy atom. The van der Waals surface area contributed by atoms with Crippen molar-refractivity contribution in [1.82, 2.24) is 35.6 Å². The monoisotopic (exact) mass is 1360 g/mol. The SMILES string of the molecule is CCCCCCCCCCSSCCC(=O)N(CCO)C(C(=O)NCCN(CCNC(=O)C(C(C)C)N(CCO)C(=O)CCSSCCCCCCCCCC)CCNC(=O)C(C(C)C)N(CCO)C(=O)CCSSCCCCCCCCCC)C(C)C. The summed E-state index contributed by atoms with van der Waals surface area (Å²) in [6.07, 6.45) is 31.1. The van der Waals surface area contributed by atoms with Gasteiger partial charge in [-0.25, -0.2) is 0 Å². The van der Waals surface area contributed by atoms with E-state index in [2.05, 4.69) is 36.7 Å². The first-order valence-electron chi connectivity index (χ1n) is 34.6. The van der Waals surface area contributed by atoms with Crippen LogP contribution >= 0.6 is 64.8 Å². The predicted octanol–water partition coefficient (Wildman–Crippen LogP) is 12.9. The van der Waals surface area contributed by atoms with Gasteiger partial charge < -0.3 is 46.0 Å². The molecule has 22 heteroatoms. The largest absolute Gasteiger partial charge is 0.395 e. The highest BCUT2D eigenvalue weighted by Gasteiger charge is 2.35. The zero-order chi connectivity index (χ0) is 65.4. The van der Waals surface area contributed by atoms with Crippen molar-refractivity contribution in [1.29, 1.82) is 0 Å². The minimum absolute atomic E-state index is 0.0307. The lowest BCUT2D eigenvalue weighted by atomic mass is 10.0. The first kappa shape index (κ1) is 86.8. The van der Waals surface area contributed by atoms with E-state index in [1.54, 1.807) is 64.8 Å². The molecule has 3 unspecified atom stereocenters. The number of carbonyl (C=O) groups excluding carboxylic acids is 6. The molecule has 0 heterocycles. The van der Waals surface area contributed by atoms with Crippen LogP contribution in [0, 0.1) is 17.8 Å². The van der Waals surface area contributed by atoms with Crippen molar-refractivity contribution in [2.45, 2.75) is 254 Å². The molecular formula is C66H129N7O9S6.